The van der Waals surface area contributed by atoms with Crippen LogP contribution in [-0.4, -0.2) is 19.1 Å². The molecular weight excluding hydrogens is 657 g/mol. The first-order chi connectivity index (χ1) is 26.4. The van der Waals surface area contributed by atoms with Gasteiger partial charge >= 0.3 is 0 Å². The predicted octanol–water partition coefficient (Wildman–Crippen LogP) is 13.0. The maximum atomic E-state index is 5.23. The summed E-state index contributed by atoms with van der Waals surface area (Å²) in [6, 6.07) is 62.9. The normalized spacial score (nSPS) is 12.0. The molecule has 3 heterocycles. The van der Waals surface area contributed by atoms with Crippen molar-refractivity contribution in [3.8, 4) is 45.3 Å². The molecule has 4 nitrogen and oxygen atoms in total. The summed E-state index contributed by atoms with van der Waals surface area (Å²) in [6.45, 7) is 6.79. The van der Waals surface area contributed by atoms with Gasteiger partial charge in [0.2, 0.25) is 5.95 Å². The van der Waals surface area contributed by atoms with Gasteiger partial charge in [0, 0.05) is 38.4 Å². The van der Waals surface area contributed by atoms with Crippen LogP contribution in [0.15, 0.2) is 176 Å². The van der Waals surface area contributed by atoms with Gasteiger partial charge in [-0.2, -0.15) is 0 Å². The third-order valence-electron chi connectivity index (χ3n) is 10.7. The maximum Gasteiger partial charge on any atom is 0.235 e. The summed E-state index contributed by atoms with van der Waals surface area (Å²) in [5, 5.41) is 4.82. The molecule has 0 radical (unpaired) electrons. The van der Waals surface area contributed by atoms with Crippen molar-refractivity contribution in [2.45, 2.75) is 26.2 Å². The molecule has 0 aliphatic heterocycles. The van der Waals surface area contributed by atoms with Crippen molar-refractivity contribution in [1.82, 2.24) is 19.1 Å². The van der Waals surface area contributed by atoms with E-state index in [4.69, 9.17) is 9.97 Å². The Labute approximate surface area is 314 Å². The summed E-state index contributed by atoms with van der Waals surface area (Å²) in [4.78, 5) is 10.5. The highest BCUT2D eigenvalue weighted by Crippen LogP contribution is 2.41. The van der Waals surface area contributed by atoms with Crippen molar-refractivity contribution in [1.29, 1.82) is 0 Å². The molecule has 258 valence electrons. The van der Waals surface area contributed by atoms with Gasteiger partial charge in [-0.05, 0) is 70.6 Å². The molecule has 0 atom stereocenters. The van der Waals surface area contributed by atoms with Crippen molar-refractivity contribution in [3.05, 3.63) is 181 Å². The average Bonchev–Trinajstić information content (AvgIpc) is 3.74. The van der Waals surface area contributed by atoms with Gasteiger partial charge in [-0.1, -0.05) is 148 Å². The van der Waals surface area contributed by atoms with E-state index in [-0.39, 0.29) is 5.41 Å². The van der Waals surface area contributed by atoms with E-state index in [2.05, 4.69) is 194 Å². The van der Waals surface area contributed by atoms with E-state index in [1.165, 1.54) is 38.5 Å². The van der Waals surface area contributed by atoms with Gasteiger partial charge in [-0.25, -0.2) is 9.97 Å². The molecule has 10 rings (SSSR count). The molecule has 0 N–H and O–H groups in total. The van der Waals surface area contributed by atoms with E-state index in [9.17, 15) is 0 Å². The van der Waals surface area contributed by atoms with E-state index in [0.717, 1.165) is 50.0 Å². The number of fused-ring (bicyclic) bond motifs is 6. The second kappa shape index (κ2) is 12.4. The molecule has 0 aliphatic carbocycles. The Morgan fingerprint density at radius 2 is 0.963 bits per heavy atom. The summed E-state index contributed by atoms with van der Waals surface area (Å²) in [5.74, 6) is 0.650. The molecule has 0 fully saturated rings. The van der Waals surface area contributed by atoms with Crippen LogP contribution in [0.25, 0.3) is 88.9 Å². The topological polar surface area (TPSA) is 35.6 Å². The zero-order valence-corrected chi connectivity index (χ0v) is 30.5. The predicted molar refractivity (Wildman–Crippen MR) is 226 cm³/mol. The van der Waals surface area contributed by atoms with Crippen LogP contribution in [0.4, 0.5) is 0 Å². The summed E-state index contributed by atoms with van der Waals surface area (Å²) in [6.07, 6.45) is 0. The first-order valence-electron chi connectivity index (χ1n) is 18.6. The molecule has 3 aromatic heterocycles. The number of aromatic nitrogens is 4. The second-order valence-corrected chi connectivity index (χ2v) is 15.1. The zero-order valence-electron chi connectivity index (χ0n) is 30.5. The first kappa shape index (κ1) is 31.9. The van der Waals surface area contributed by atoms with Crippen molar-refractivity contribution in [2.75, 3.05) is 0 Å². The average molecular weight is 695 g/mol. The van der Waals surface area contributed by atoms with Crippen LogP contribution >= 0.6 is 0 Å². The number of hydrogen-bond donors (Lipinski definition) is 0. The SMILES string of the molecule is CC(C)(C)c1ccc(-n2c3ccccc3c3c(-c4ccc5c(c4)c4ccccc4n5-c4nc(-c5ccccc5)cc(-c5ccccc5)n4)cccc32)cc1. The van der Waals surface area contributed by atoms with E-state index < -0.39 is 0 Å². The van der Waals surface area contributed by atoms with Crippen molar-refractivity contribution in [2.24, 2.45) is 0 Å². The molecule has 54 heavy (non-hydrogen) atoms. The fraction of sp³-hybridized carbons (Fsp3) is 0.0800. The largest absolute Gasteiger partial charge is 0.309 e. The number of rotatable bonds is 5. The van der Waals surface area contributed by atoms with Crippen molar-refractivity contribution < 1.29 is 0 Å². The molecular formula is C50H38N4. The minimum absolute atomic E-state index is 0.0926. The fourth-order valence-corrected chi connectivity index (χ4v) is 8.05. The Morgan fingerprint density at radius 1 is 0.407 bits per heavy atom. The fourth-order valence-electron chi connectivity index (χ4n) is 8.05. The summed E-state index contributed by atoms with van der Waals surface area (Å²) in [7, 11) is 0. The number of benzene rings is 7. The van der Waals surface area contributed by atoms with Crippen LogP contribution in [-0.2, 0) is 5.41 Å². The van der Waals surface area contributed by atoms with Crippen LogP contribution in [0.1, 0.15) is 26.3 Å². The van der Waals surface area contributed by atoms with Crippen LogP contribution < -0.4 is 0 Å². The Bertz CT molecular complexity index is 2940. The molecule has 10 aromatic rings. The van der Waals surface area contributed by atoms with Crippen LogP contribution in [0.3, 0.4) is 0 Å². The Balaban J connectivity index is 1.19. The molecule has 0 saturated carbocycles. The minimum Gasteiger partial charge on any atom is -0.309 e. The molecule has 0 aliphatic rings. The molecule has 4 heteroatoms. The quantitative estimate of drug-likeness (QED) is 0.180. The van der Waals surface area contributed by atoms with Crippen LogP contribution in [0.2, 0.25) is 0 Å². The highest BCUT2D eigenvalue weighted by Gasteiger charge is 2.21. The zero-order chi connectivity index (χ0) is 36.4. The number of para-hydroxylation sites is 2. The number of hydrogen-bond acceptors (Lipinski definition) is 2. The number of nitrogens with zero attached hydrogens (tertiary/aromatic N) is 4. The van der Waals surface area contributed by atoms with E-state index >= 15 is 0 Å². The van der Waals surface area contributed by atoms with Crippen LogP contribution in [0, 0.1) is 0 Å². The van der Waals surface area contributed by atoms with E-state index in [1.54, 1.807) is 0 Å². The second-order valence-electron chi connectivity index (χ2n) is 15.1. The highest BCUT2D eigenvalue weighted by molar-refractivity contribution is 6.17. The first-order valence-corrected chi connectivity index (χ1v) is 18.6. The van der Waals surface area contributed by atoms with Gasteiger partial charge in [0.1, 0.15) is 0 Å². The van der Waals surface area contributed by atoms with Crippen molar-refractivity contribution in [3.63, 3.8) is 0 Å². The molecule has 0 bridgehead atoms. The Hall–Kier alpha value is -6.78. The molecule has 0 amide bonds. The monoisotopic (exact) mass is 694 g/mol. The van der Waals surface area contributed by atoms with Crippen LogP contribution in [0.5, 0.6) is 0 Å². The van der Waals surface area contributed by atoms with Gasteiger partial charge in [0.25, 0.3) is 0 Å². The Morgan fingerprint density at radius 3 is 1.61 bits per heavy atom. The lowest BCUT2D eigenvalue weighted by Crippen LogP contribution is -2.10. The van der Waals surface area contributed by atoms with Gasteiger partial charge < -0.3 is 4.57 Å². The lowest BCUT2D eigenvalue weighted by atomic mass is 9.87. The summed E-state index contributed by atoms with van der Waals surface area (Å²) in [5.41, 5.74) is 13.4. The molecule has 0 unspecified atom stereocenters. The van der Waals surface area contributed by atoms with E-state index in [1.807, 2.05) is 12.1 Å². The van der Waals surface area contributed by atoms with Gasteiger partial charge in [0.15, 0.2) is 0 Å². The standard InChI is InChI=1S/C50H38N4/c1-50(2,3)36-26-28-37(29-27-36)53-45-23-13-11-20-40(45)48-38(21-14-24-47(48)53)35-25-30-46-41(31-35)39-19-10-12-22-44(39)54(46)49-51-42(33-15-6-4-7-16-33)32-43(52-49)34-17-8-5-9-18-34/h4-32H,1-3H3. The van der Waals surface area contributed by atoms with Gasteiger partial charge in [-0.15, -0.1) is 0 Å². The lowest BCUT2D eigenvalue weighted by Gasteiger charge is -2.19. The van der Waals surface area contributed by atoms with Crippen molar-refractivity contribution >= 4 is 43.6 Å². The maximum absolute atomic E-state index is 5.23. The highest BCUT2D eigenvalue weighted by atomic mass is 15.2. The third-order valence-corrected chi connectivity index (χ3v) is 10.7. The minimum atomic E-state index is 0.0926. The summed E-state index contributed by atoms with van der Waals surface area (Å²) >= 11 is 0. The summed E-state index contributed by atoms with van der Waals surface area (Å²) < 4.78 is 4.63. The Kier molecular flexibility index (Phi) is 7.34. The third kappa shape index (κ3) is 5.21. The van der Waals surface area contributed by atoms with E-state index in [0.29, 0.717) is 5.95 Å². The lowest BCUT2D eigenvalue weighted by molar-refractivity contribution is 0.590. The van der Waals surface area contributed by atoms with Gasteiger partial charge in [0.05, 0.1) is 33.5 Å². The molecule has 7 aromatic carbocycles. The smallest absolute Gasteiger partial charge is 0.235 e. The molecule has 0 spiro atoms. The van der Waals surface area contributed by atoms with Gasteiger partial charge in [-0.3, -0.25) is 4.57 Å². The molecule has 0 saturated heterocycles.